The summed E-state index contributed by atoms with van der Waals surface area (Å²) in [6.07, 6.45) is 2.81. The molecular formula is C16H21N3O. The molecule has 2 aromatic rings. The third-order valence-corrected chi connectivity index (χ3v) is 3.13. The maximum atomic E-state index is 5.88. The van der Waals surface area contributed by atoms with E-state index in [4.69, 9.17) is 10.5 Å². The van der Waals surface area contributed by atoms with Crippen LogP contribution in [0.2, 0.25) is 0 Å². The van der Waals surface area contributed by atoms with E-state index in [1.807, 2.05) is 30.3 Å². The van der Waals surface area contributed by atoms with E-state index in [2.05, 4.69) is 22.9 Å². The van der Waals surface area contributed by atoms with Gasteiger partial charge in [0.15, 0.2) is 0 Å². The molecule has 0 spiro atoms. The summed E-state index contributed by atoms with van der Waals surface area (Å²) in [5.41, 5.74) is 8.86. The van der Waals surface area contributed by atoms with E-state index in [0.29, 0.717) is 5.88 Å². The Balaban J connectivity index is 2.25. The lowest BCUT2D eigenvalue weighted by Gasteiger charge is -2.25. The summed E-state index contributed by atoms with van der Waals surface area (Å²) in [5.74, 6) is 0.678. The Bertz CT molecular complexity index is 557. The van der Waals surface area contributed by atoms with Crippen molar-refractivity contribution in [3.8, 4) is 5.88 Å². The molecule has 0 fully saturated rings. The number of hydrogen-bond donors (Lipinski definition) is 1. The molecule has 0 saturated heterocycles. The lowest BCUT2D eigenvalue weighted by Crippen LogP contribution is -2.24. The monoisotopic (exact) mass is 271 g/mol. The molecule has 0 aliphatic heterocycles. The quantitative estimate of drug-likeness (QED) is 0.820. The summed E-state index contributed by atoms with van der Waals surface area (Å²) in [7, 11) is 1.65. The number of rotatable bonds is 6. The zero-order valence-corrected chi connectivity index (χ0v) is 12.0. The van der Waals surface area contributed by atoms with Crippen LogP contribution in [0.3, 0.4) is 0 Å². The summed E-state index contributed by atoms with van der Waals surface area (Å²) < 4.78 is 5.32. The number of benzene rings is 1. The second kappa shape index (κ2) is 6.80. The summed E-state index contributed by atoms with van der Waals surface area (Å²) >= 11 is 0. The molecule has 1 heterocycles. The van der Waals surface area contributed by atoms with Crippen LogP contribution in [0.4, 0.5) is 11.4 Å². The Morgan fingerprint density at radius 1 is 1.25 bits per heavy atom. The van der Waals surface area contributed by atoms with Crippen molar-refractivity contribution in [3.05, 3.63) is 48.2 Å². The van der Waals surface area contributed by atoms with Crippen molar-refractivity contribution < 1.29 is 4.74 Å². The summed E-state index contributed by atoms with van der Waals surface area (Å²) in [6.45, 7) is 3.88. The molecule has 0 saturated carbocycles. The molecule has 0 radical (unpaired) electrons. The zero-order chi connectivity index (χ0) is 14.4. The zero-order valence-electron chi connectivity index (χ0n) is 12.0. The van der Waals surface area contributed by atoms with Crippen molar-refractivity contribution in [2.45, 2.75) is 19.9 Å². The van der Waals surface area contributed by atoms with Gasteiger partial charge in [-0.15, -0.1) is 0 Å². The third kappa shape index (κ3) is 3.41. The van der Waals surface area contributed by atoms with Crippen molar-refractivity contribution in [3.63, 3.8) is 0 Å². The van der Waals surface area contributed by atoms with Gasteiger partial charge in [0, 0.05) is 36.2 Å². The van der Waals surface area contributed by atoms with Crippen LogP contribution in [-0.2, 0) is 6.54 Å². The SMILES string of the molecule is CCCN(Cc1cccnc1OC)c1cccc(N)c1. The van der Waals surface area contributed by atoms with Crippen LogP contribution in [0.25, 0.3) is 0 Å². The molecule has 4 nitrogen and oxygen atoms in total. The molecule has 0 amide bonds. The third-order valence-electron chi connectivity index (χ3n) is 3.13. The van der Waals surface area contributed by atoms with Crippen LogP contribution in [0, 0.1) is 0 Å². The van der Waals surface area contributed by atoms with E-state index < -0.39 is 0 Å². The minimum atomic E-state index is 0.678. The van der Waals surface area contributed by atoms with Crippen molar-refractivity contribution in [2.75, 3.05) is 24.3 Å². The van der Waals surface area contributed by atoms with E-state index in [1.54, 1.807) is 13.3 Å². The summed E-state index contributed by atoms with van der Waals surface area (Å²) in [5, 5.41) is 0. The number of ether oxygens (including phenoxy) is 1. The van der Waals surface area contributed by atoms with Gasteiger partial charge in [0.25, 0.3) is 0 Å². The fourth-order valence-corrected chi connectivity index (χ4v) is 2.22. The van der Waals surface area contributed by atoms with Gasteiger partial charge in [-0.05, 0) is 30.7 Å². The fourth-order valence-electron chi connectivity index (χ4n) is 2.22. The van der Waals surface area contributed by atoms with Gasteiger partial charge in [-0.25, -0.2) is 4.98 Å². The molecule has 0 aliphatic rings. The average molecular weight is 271 g/mol. The van der Waals surface area contributed by atoms with E-state index in [0.717, 1.165) is 36.4 Å². The second-order valence-electron chi connectivity index (χ2n) is 4.69. The number of pyridine rings is 1. The molecular weight excluding hydrogens is 250 g/mol. The number of anilines is 2. The first-order valence-electron chi connectivity index (χ1n) is 6.83. The molecule has 2 rings (SSSR count). The highest BCUT2D eigenvalue weighted by Crippen LogP contribution is 2.23. The number of nitrogens with zero attached hydrogens (tertiary/aromatic N) is 2. The number of nitrogen functional groups attached to an aromatic ring is 1. The van der Waals surface area contributed by atoms with Gasteiger partial charge in [0.2, 0.25) is 5.88 Å². The molecule has 2 N–H and O–H groups in total. The predicted molar refractivity (Wildman–Crippen MR) is 83.0 cm³/mol. The summed E-state index contributed by atoms with van der Waals surface area (Å²) in [4.78, 5) is 6.54. The van der Waals surface area contributed by atoms with Gasteiger partial charge in [-0.3, -0.25) is 0 Å². The summed E-state index contributed by atoms with van der Waals surface area (Å²) in [6, 6.07) is 11.9. The van der Waals surface area contributed by atoms with E-state index in [9.17, 15) is 0 Å². The smallest absolute Gasteiger partial charge is 0.218 e. The van der Waals surface area contributed by atoms with Crippen LogP contribution >= 0.6 is 0 Å². The standard InChI is InChI=1S/C16H21N3O/c1-3-10-19(15-8-4-7-14(17)11-15)12-13-6-5-9-18-16(13)20-2/h4-9,11H,3,10,12,17H2,1-2H3. The largest absolute Gasteiger partial charge is 0.481 e. The topological polar surface area (TPSA) is 51.4 Å². The maximum absolute atomic E-state index is 5.88. The van der Waals surface area contributed by atoms with Gasteiger partial charge < -0.3 is 15.4 Å². The van der Waals surface area contributed by atoms with Gasteiger partial charge >= 0.3 is 0 Å². The molecule has 0 aliphatic carbocycles. The highest BCUT2D eigenvalue weighted by atomic mass is 16.5. The van der Waals surface area contributed by atoms with Gasteiger partial charge in [0.1, 0.15) is 0 Å². The minimum Gasteiger partial charge on any atom is -0.481 e. The molecule has 4 heteroatoms. The Morgan fingerprint density at radius 3 is 2.80 bits per heavy atom. The van der Waals surface area contributed by atoms with Crippen LogP contribution in [0.15, 0.2) is 42.6 Å². The van der Waals surface area contributed by atoms with E-state index in [1.165, 1.54) is 0 Å². The van der Waals surface area contributed by atoms with Crippen molar-refractivity contribution in [2.24, 2.45) is 0 Å². The number of hydrogen-bond acceptors (Lipinski definition) is 4. The van der Waals surface area contributed by atoms with E-state index in [-0.39, 0.29) is 0 Å². The van der Waals surface area contributed by atoms with Gasteiger partial charge in [0.05, 0.1) is 7.11 Å². The van der Waals surface area contributed by atoms with Crippen molar-refractivity contribution in [1.29, 1.82) is 0 Å². The first-order valence-corrected chi connectivity index (χ1v) is 6.83. The molecule has 1 aromatic carbocycles. The highest BCUT2D eigenvalue weighted by molar-refractivity contribution is 5.56. The first-order chi connectivity index (χ1) is 9.74. The number of methoxy groups -OCH3 is 1. The number of aromatic nitrogens is 1. The first kappa shape index (κ1) is 14.2. The molecule has 106 valence electrons. The Kier molecular flexibility index (Phi) is 4.82. The molecule has 1 aromatic heterocycles. The minimum absolute atomic E-state index is 0.678. The molecule has 0 bridgehead atoms. The van der Waals surface area contributed by atoms with Crippen LogP contribution in [-0.4, -0.2) is 18.6 Å². The van der Waals surface area contributed by atoms with Crippen LogP contribution in [0.5, 0.6) is 5.88 Å². The lowest BCUT2D eigenvalue weighted by molar-refractivity contribution is 0.392. The normalized spacial score (nSPS) is 10.3. The molecule has 0 atom stereocenters. The fraction of sp³-hybridized carbons (Fsp3) is 0.312. The lowest BCUT2D eigenvalue weighted by atomic mass is 10.2. The van der Waals surface area contributed by atoms with Gasteiger partial charge in [-0.1, -0.05) is 19.1 Å². The molecule has 20 heavy (non-hydrogen) atoms. The molecule has 0 unspecified atom stereocenters. The number of nitrogens with two attached hydrogens (primary N) is 1. The van der Waals surface area contributed by atoms with E-state index >= 15 is 0 Å². The van der Waals surface area contributed by atoms with Crippen LogP contribution < -0.4 is 15.4 Å². The second-order valence-corrected chi connectivity index (χ2v) is 4.69. The Labute approximate surface area is 120 Å². The average Bonchev–Trinajstić information content (AvgIpc) is 2.47. The Morgan fingerprint density at radius 2 is 2.10 bits per heavy atom. The predicted octanol–water partition coefficient (Wildman–Crippen LogP) is 3.09. The highest BCUT2D eigenvalue weighted by Gasteiger charge is 2.10. The van der Waals surface area contributed by atoms with Crippen molar-refractivity contribution in [1.82, 2.24) is 4.98 Å². The Hall–Kier alpha value is -2.23. The van der Waals surface area contributed by atoms with Crippen LogP contribution in [0.1, 0.15) is 18.9 Å². The van der Waals surface area contributed by atoms with Gasteiger partial charge in [-0.2, -0.15) is 0 Å². The maximum Gasteiger partial charge on any atom is 0.218 e. The van der Waals surface area contributed by atoms with Crippen molar-refractivity contribution >= 4 is 11.4 Å².